The van der Waals surface area contributed by atoms with Crippen molar-refractivity contribution in [2.24, 2.45) is 5.73 Å². The summed E-state index contributed by atoms with van der Waals surface area (Å²) >= 11 is 1.09. The van der Waals surface area contributed by atoms with Gasteiger partial charge >= 0.3 is 0 Å². The van der Waals surface area contributed by atoms with E-state index in [-0.39, 0.29) is 23.5 Å². The summed E-state index contributed by atoms with van der Waals surface area (Å²) in [7, 11) is 0. The molecule has 0 fully saturated rings. The largest absolute Gasteiger partial charge is 0.374 e. The number of thioether (sulfide) groups is 1. The highest BCUT2D eigenvalue weighted by Gasteiger charge is 2.25. The maximum atomic E-state index is 12.0. The first-order chi connectivity index (χ1) is 12.7. The predicted molar refractivity (Wildman–Crippen MR) is 95.5 cm³/mol. The number of aliphatic hydroxyl groups is 1. The lowest BCUT2D eigenvalue weighted by Gasteiger charge is -2.20. The lowest BCUT2D eigenvalue weighted by Crippen LogP contribution is -2.51. The molecule has 6 N–H and O–H groups in total. The molecule has 3 atom stereocenters. The molecule has 0 saturated heterocycles. The predicted octanol–water partition coefficient (Wildman–Crippen LogP) is -1.24. The van der Waals surface area contributed by atoms with Crippen molar-refractivity contribution in [3.05, 3.63) is 33.9 Å². The summed E-state index contributed by atoms with van der Waals surface area (Å²) in [5, 5.41) is 28.9. The molecular formula is C15H19N5O6S. The highest BCUT2D eigenvalue weighted by molar-refractivity contribution is 7.99. The number of amides is 3. The minimum atomic E-state index is -1.38. The van der Waals surface area contributed by atoms with E-state index in [9.17, 15) is 29.6 Å². The zero-order chi connectivity index (χ0) is 20.1. The number of nitro benzene ring substituents is 1. The first-order valence-corrected chi connectivity index (χ1v) is 8.89. The summed E-state index contributed by atoms with van der Waals surface area (Å²) in [4.78, 5) is 46.4. The Balaban J connectivity index is 2.41. The van der Waals surface area contributed by atoms with E-state index in [2.05, 4.69) is 16.0 Å². The SMILES string of the molecule is CC1NC(O)c2cc([N+](=O)[O-])ccc2SCC(C(N)=O)NC(=O)CNC1=O. The fraction of sp³-hybridized carbons (Fsp3) is 0.400. The van der Waals surface area contributed by atoms with Gasteiger partial charge in [-0.05, 0) is 13.0 Å². The smallest absolute Gasteiger partial charge is 0.269 e. The van der Waals surface area contributed by atoms with Crippen LogP contribution in [0.25, 0.3) is 0 Å². The lowest BCUT2D eigenvalue weighted by atomic mass is 10.1. The van der Waals surface area contributed by atoms with Crippen molar-refractivity contribution in [2.45, 2.75) is 30.1 Å². The Labute approximate surface area is 158 Å². The van der Waals surface area contributed by atoms with E-state index in [4.69, 9.17) is 5.73 Å². The zero-order valence-electron chi connectivity index (χ0n) is 14.3. The van der Waals surface area contributed by atoms with Gasteiger partial charge in [0.15, 0.2) is 0 Å². The number of nitro groups is 1. The van der Waals surface area contributed by atoms with E-state index >= 15 is 0 Å². The second-order valence-electron chi connectivity index (χ2n) is 5.82. The molecule has 11 nitrogen and oxygen atoms in total. The summed E-state index contributed by atoms with van der Waals surface area (Å²) < 4.78 is 0. The van der Waals surface area contributed by atoms with Gasteiger partial charge in [0.1, 0.15) is 12.3 Å². The number of carbonyl (C=O) groups excluding carboxylic acids is 3. The molecule has 3 amide bonds. The van der Waals surface area contributed by atoms with Gasteiger partial charge in [-0.3, -0.25) is 29.8 Å². The third-order valence-corrected chi connectivity index (χ3v) is 4.99. The molecule has 12 heteroatoms. The number of primary amides is 1. The summed E-state index contributed by atoms with van der Waals surface area (Å²) in [5.74, 6) is -1.89. The Kier molecular flexibility index (Phi) is 6.71. The number of fused-ring (bicyclic) bond motifs is 1. The van der Waals surface area contributed by atoms with E-state index in [0.29, 0.717) is 4.90 Å². The molecule has 1 heterocycles. The van der Waals surface area contributed by atoms with Crippen LogP contribution >= 0.6 is 11.8 Å². The van der Waals surface area contributed by atoms with Crippen LogP contribution in [0.15, 0.2) is 23.1 Å². The molecule has 1 aromatic rings. The summed E-state index contributed by atoms with van der Waals surface area (Å²) in [6.45, 7) is 1.10. The van der Waals surface area contributed by atoms with Gasteiger partial charge in [0.2, 0.25) is 17.7 Å². The molecule has 0 radical (unpaired) electrons. The highest BCUT2D eigenvalue weighted by atomic mass is 32.2. The minimum absolute atomic E-state index is 0.0438. The van der Waals surface area contributed by atoms with Crippen LogP contribution in [0.4, 0.5) is 5.69 Å². The summed E-state index contributed by atoms with van der Waals surface area (Å²) in [6.07, 6.45) is -1.38. The Morgan fingerprint density at radius 1 is 1.41 bits per heavy atom. The molecule has 1 aromatic carbocycles. The molecule has 0 saturated carbocycles. The molecule has 2 rings (SSSR count). The molecule has 3 unspecified atom stereocenters. The van der Waals surface area contributed by atoms with Gasteiger partial charge in [-0.1, -0.05) is 0 Å². The summed E-state index contributed by atoms with van der Waals surface area (Å²) in [5.41, 5.74) is 5.23. The fourth-order valence-corrected chi connectivity index (χ4v) is 3.43. The minimum Gasteiger partial charge on any atom is -0.374 e. The number of nitrogens with two attached hydrogens (primary N) is 1. The van der Waals surface area contributed by atoms with Gasteiger partial charge in [0.25, 0.3) is 5.69 Å². The van der Waals surface area contributed by atoms with Crippen molar-refractivity contribution in [3.8, 4) is 0 Å². The molecule has 0 aromatic heterocycles. The molecule has 0 spiro atoms. The monoisotopic (exact) mass is 397 g/mol. The van der Waals surface area contributed by atoms with Gasteiger partial charge in [-0.2, -0.15) is 0 Å². The fourth-order valence-electron chi connectivity index (χ4n) is 2.33. The van der Waals surface area contributed by atoms with Crippen molar-refractivity contribution in [3.63, 3.8) is 0 Å². The second-order valence-corrected chi connectivity index (χ2v) is 6.88. The quantitative estimate of drug-likeness (QED) is 0.304. The topological polar surface area (TPSA) is 177 Å². The van der Waals surface area contributed by atoms with Crippen molar-refractivity contribution in [1.82, 2.24) is 16.0 Å². The highest BCUT2D eigenvalue weighted by Crippen LogP contribution is 2.31. The van der Waals surface area contributed by atoms with E-state index in [1.807, 2.05) is 0 Å². The zero-order valence-corrected chi connectivity index (χ0v) is 15.1. The average Bonchev–Trinajstić information content (AvgIpc) is 2.62. The Morgan fingerprint density at radius 2 is 2.11 bits per heavy atom. The van der Waals surface area contributed by atoms with Crippen molar-refractivity contribution < 1.29 is 24.4 Å². The number of nitrogens with zero attached hydrogens (tertiary/aromatic N) is 1. The normalized spacial score (nSPS) is 24.3. The number of nitrogens with one attached hydrogen (secondary N) is 3. The Bertz CT molecular complexity index is 773. The van der Waals surface area contributed by atoms with E-state index in [1.54, 1.807) is 0 Å². The van der Waals surface area contributed by atoms with Crippen molar-refractivity contribution >= 4 is 35.2 Å². The number of aliphatic hydroxyl groups excluding tert-OH is 1. The van der Waals surface area contributed by atoms with Crippen LogP contribution in [-0.2, 0) is 14.4 Å². The lowest BCUT2D eigenvalue weighted by molar-refractivity contribution is -0.385. The Morgan fingerprint density at radius 3 is 2.74 bits per heavy atom. The van der Waals surface area contributed by atoms with Gasteiger partial charge < -0.3 is 21.5 Å². The van der Waals surface area contributed by atoms with Crippen LogP contribution in [0.1, 0.15) is 18.7 Å². The first kappa shape index (κ1) is 20.6. The molecule has 0 aliphatic carbocycles. The maximum Gasteiger partial charge on any atom is 0.269 e. The van der Waals surface area contributed by atoms with Gasteiger partial charge in [0.05, 0.1) is 17.5 Å². The van der Waals surface area contributed by atoms with Crippen LogP contribution in [-0.4, -0.2) is 52.1 Å². The van der Waals surface area contributed by atoms with Gasteiger partial charge in [-0.15, -0.1) is 11.8 Å². The Hall–Kier alpha value is -2.70. The summed E-state index contributed by atoms with van der Waals surface area (Å²) in [6, 6.07) is 1.95. The van der Waals surface area contributed by atoms with E-state index in [1.165, 1.54) is 25.1 Å². The number of non-ortho nitro benzene ring substituents is 1. The number of hydrogen-bond acceptors (Lipinski definition) is 8. The van der Waals surface area contributed by atoms with Crippen molar-refractivity contribution in [2.75, 3.05) is 12.3 Å². The van der Waals surface area contributed by atoms with Gasteiger partial charge in [-0.25, -0.2) is 0 Å². The van der Waals surface area contributed by atoms with Crippen LogP contribution in [0.5, 0.6) is 0 Å². The molecule has 1 aliphatic rings. The standard InChI is InChI=1S/C15H19N5O6S/c1-7-14(23)17-5-12(21)19-10(13(16)22)6-27-11-3-2-8(20(25)26)4-9(11)15(24)18-7/h2-4,7,10,15,18,24H,5-6H2,1H3,(H2,16,22)(H,17,23)(H,19,21). The number of hydrogen-bond donors (Lipinski definition) is 5. The third-order valence-electron chi connectivity index (χ3n) is 3.81. The average molecular weight is 397 g/mol. The molecular weight excluding hydrogens is 378 g/mol. The van der Waals surface area contributed by atoms with Crippen LogP contribution < -0.4 is 21.7 Å². The van der Waals surface area contributed by atoms with E-state index in [0.717, 1.165) is 11.8 Å². The van der Waals surface area contributed by atoms with Crippen LogP contribution in [0.2, 0.25) is 0 Å². The molecule has 146 valence electrons. The van der Waals surface area contributed by atoms with E-state index < -0.39 is 41.0 Å². The second kappa shape index (κ2) is 8.79. The first-order valence-electron chi connectivity index (χ1n) is 7.90. The van der Waals surface area contributed by atoms with Gasteiger partial charge in [0, 0.05) is 28.3 Å². The number of benzene rings is 1. The molecule has 0 bridgehead atoms. The molecule has 1 aliphatic heterocycles. The molecule has 27 heavy (non-hydrogen) atoms. The maximum absolute atomic E-state index is 12.0. The third kappa shape index (κ3) is 5.39. The number of rotatable bonds is 2. The number of carbonyl (C=O) groups is 3. The van der Waals surface area contributed by atoms with Crippen LogP contribution in [0.3, 0.4) is 0 Å². The van der Waals surface area contributed by atoms with Crippen molar-refractivity contribution in [1.29, 1.82) is 0 Å². The van der Waals surface area contributed by atoms with Crippen LogP contribution in [0, 0.1) is 10.1 Å².